The Morgan fingerprint density at radius 1 is 1.33 bits per heavy atom. The maximum atomic E-state index is 9.48. The number of hydrogen-bond acceptors (Lipinski definition) is 3. The highest BCUT2D eigenvalue weighted by atomic mass is 16.3. The van der Waals surface area contributed by atoms with E-state index in [1.54, 1.807) is 0 Å². The zero-order valence-corrected chi connectivity index (χ0v) is 9.53. The summed E-state index contributed by atoms with van der Waals surface area (Å²) >= 11 is 0. The molecule has 0 spiro atoms. The second-order valence-corrected chi connectivity index (χ2v) is 4.38. The van der Waals surface area contributed by atoms with Crippen molar-refractivity contribution in [2.75, 3.05) is 13.1 Å². The Kier molecular flexibility index (Phi) is 4.72. The van der Waals surface area contributed by atoms with Gasteiger partial charge in [0.15, 0.2) is 0 Å². The van der Waals surface area contributed by atoms with E-state index < -0.39 is 5.60 Å². The Morgan fingerprint density at radius 2 is 2.13 bits per heavy atom. The fraction of sp³-hybridized carbons (Fsp3) is 0.583. The molecule has 0 atom stereocenters. The molecule has 15 heavy (non-hydrogen) atoms. The van der Waals surface area contributed by atoms with Crippen LogP contribution < -0.4 is 5.32 Å². The first-order chi connectivity index (χ1) is 7.08. The predicted octanol–water partition coefficient (Wildman–Crippen LogP) is 1.37. The van der Waals surface area contributed by atoms with E-state index >= 15 is 0 Å². The van der Waals surface area contributed by atoms with E-state index in [4.69, 9.17) is 0 Å². The maximum absolute atomic E-state index is 9.48. The van der Waals surface area contributed by atoms with Crippen molar-refractivity contribution in [2.24, 2.45) is 0 Å². The third-order valence-electron chi connectivity index (χ3n) is 2.20. The Morgan fingerprint density at radius 3 is 2.73 bits per heavy atom. The quantitative estimate of drug-likeness (QED) is 0.694. The van der Waals surface area contributed by atoms with E-state index in [0.717, 1.165) is 31.6 Å². The Hall–Kier alpha value is -0.930. The van der Waals surface area contributed by atoms with E-state index in [0.29, 0.717) is 0 Å². The van der Waals surface area contributed by atoms with Gasteiger partial charge in [-0.15, -0.1) is 0 Å². The normalized spacial score (nSPS) is 11.7. The molecule has 1 rings (SSSR count). The molecule has 0 saturated carbocycles. The molecule has 3 heteroatoms. The lowest BCUT2D eigenvalue weighted by Gasteiger charge is -2.16. The van der Waals surface area contributed by atoms with E-state index in [9.17, 15) is 5.11 Å². The average Bonchev–Trinajstić information content (AvgIpc) is 2.17. The zero-order chi connectivity index (χ0) is 11.1. The highest BCUT2D eigenvalue weighted by molar-refractivity contribution is 5.03. The molecule has 0 bridgehead atoms. The largest absolute Gasteiger partial charge is 0.390 e. The summed E-state index contributed by atoms with van der Waals surface area (Å²) in [6.07, 6.45) is 3.52. The summed E-state index contributed by atoms with van der Waals surface area (Å²) in [6, 6.07) is 5.95. The number of pyridine rings is 1. The second kappa shape index (κ2) is 5.83. The summed E-state index contributed by atoms with van der Waals surface area (Å²) in [5, 5.41) is 12.8. The van der Waals surface area contributed by atoms with E-state index in [2.05, 4.69) is 10.3 Å². The zero-order valence-electron chi connectivity index (χ0n) is 9.53. The lowest BCUT2D eigenvalue weighted by molar-refractivity contribution is 0.0713. The number of aromatic nitrogens is 1. The fourth-order valence-electron chi connectivity index (χ4n) is 1.28. The molecule has 3 nitrogen and oxygen atoms in total. The Balaban J connectivity index is 2.08. The van der Waals surface area contributed by atoms with Crippen LogP contribution in [0.15, 0.2) is 24.4 Å². The van der Waals surface area contributed by atoms with Gasteiger partial charge in [0.2, 0.25) is 0 Å². The molecule has 0 amide bonds. The van der Waals surface area contributed by atoms with E-state index in [1.165, 1.54) is 0 Å². The molecule has 84 valence electrons. The topological polar surface area (TPSA) is 45.1 Å². The van der Waals surface area contributed by atoms with Crippen LogP contribution in [0.25, 0.3) is 0 Å². The van der Waals surface area contributed by atoms with Crippen molar-refractivity contribution in [1.82, 2.24) is 10.3 Å². The summed E-state index contributed by atoms with van der Waals surface area (Å²) in [5.74, 6) is 0. The van der Waals surface area contributed by atoms with Gasteiger partial charge >= 0.3 is 0 Å². The molecule has 1 heterocycles. The van der Waals surface area contributed by atoms with E-state index in [1.807, 2.05) is 38.2 Å². The van der Waals surface area contributed by atoms with Crippen LogP contribution in [0.5, 0.6) is 0 Å². The first-order valence-electron chi connectivity index (χ1n) is 5.41. The summed E-state index contributed by atoms with van der Waals surface area (Å²) in [6.45, 7) is 5.41. The third kappa shape index (κ3) is 6.20. The van der Waals surface area contributed by atoms with Gasteiger partial charge in [0, 0.05) is 24.9 Å². The van der Waals surface area contributed by atoms with Gasteiger partial charge < -0.3 is 10.4 Å². The minimum atomic E-state index is -0.571. The number of nitrogens with one attached hydrogen (secondary N) is 1. The fourth-order valence-corrected chi connectivity index (χ4v) is 1.28. The molecular formula is C12H20N2O. The van der Waals surface area contributed by atoms with Gasteiger partial charge in [-0.05, 0) is 38.9 Å². The summed E-state index contributed by atoms with van der Waals surface area (Å²) < 4.78 is 0. The van der Waals surface area contributed by atoms with Crippen molar-refractivity contribution in [3.63, 3.8) is 0 Å². The predicted molar refractivity (Wildman–Crippen MR) is 61.7 cm³/mol. The van der Waals surface area contributed by atoms with Gasteiger partial charge in [-0.2, -0.15) is 0 Å². The molecule has 1 aromatic rings. The van der Waals surface area contributed by atoms with Crippen molar-refractivity contribution in [1.29, 1.82) is 0 Å². The second-order valence-electron chi connectivity index (χ2n) is 4.38. The van der Waals surface area contributed by atoms with Crippen molar-refractivity contribution in [3.8, 4) is 0 Å². The van der Waals surface area contributed by atoms with Crippen molar-refractivity contribution >= 4 is 0 Å². The SMILES string of the molecule is CC(C)(O)CCNCCc1ccccn1. The van der Waals surface area contributed by atoms with Crippen LogP contribution in [0.2, 0.25) is 0 Å². The Labute approximate surface area is 91.5 Å². The molecule has 0 aromatic carbocycles. The first kappa shape index (κ1) is 12.1. The van der Waals surface area contributed by atoms with Crippen LogP contribution in [-0.4, -0.2) is 28.8 Å². The van der Waals surface area contributed by atoms with Crippen LogP contribution >= 0.6 is 0 Å². The first-order valence-corrected chi connectivity index (χ1v) is 5.41. The van der Waals surface area contributed by atoms with Gasteiger partial charge in [0.05, 0.1) is 5.60 Å². The summed E-state index contributed by atoms with van der Waals surface area (Å²) in [7, 11) is 0. The lowest BCUT2D eigenvalue weighted by atomic mass is 10.1. The van der Waals surface area contributed by atoms with Gasteiger partial charge in [0.1, 0.15) is 0 Å². The van der Waals surface area contributed by atoms with Crippen LogP contribution in [-0.2, 0) is 6.42 Å². The number of hydrogen-bond donors (Lipinski definition) is 2. The molecule has 2 N–H and O–H groups in total. The Bertz CT molecular complexity index is 267. The average molecular weight is 208 g/mol. The minimum Gasteiger partial charge on any atom is -0.390 e. The van der Waals surface area contributed by atoms with Crippen molar-refractivity contribution < 1.29 is 5.11 Å². The molecule has 0 aliphatic carbocycles. The summed E-state index contributed by atoms with van der Waals surface area (Å²) in [5.41, 5.74) is 0.533. The van der Waals surface area contributed by atoms with Gasteiger partial charge in [-0.25, -0.2) is 0 Å². The molecule has 0 aliphatic heterocycles. The molecule has 0 aliphatic rings. The number of nitrogens with zero attached hydrogens (tertiary/aromatic N) is 1. The van der Waals surface area contributed by atoms with Gasteiger partial charge in [-0.3, -0.25) is 4.98 Å². The van der Waals surface area contributed by atoms with Gasteiger partial charge in [0.25, 0.3) is 0 Å². The lowest BCUT2D eigenvalue weighted by Crippen LogP contribution is -2.27. The standard InChI is InChI=1S/C12H20N2O/c1-12(2,15)7-10-13-9-6-11-5-3-4-8-14-11/h3-5,8,13,15H,6-7,9-10H2,1-2H3. The highest BCUT2D eigenvalue weighted by Gasteiger charge is 2.10. The third-order valence-corrected chi connectivity index (χ3v) is 2.20. The van der Waals surface area contributed by atoms with Gasteiger partial charge in [-0.1, -0.05) is 6.07 Å². The van der Waals surface area contributed by atoms with Crippen molar-refractivity contribution in [3.05, 3.63) is 30.1 Å². The van der Waals surface area contributed by atoms with Crippen LogP contribution in [0, 0.1) is 0 Å². The molecule has 1 aromatic heterocycles. The molecule has 0 saturated heterocycles. The summed E-state index contributed by atoms with van der Waals surface area (Å²) in [4.78, 5) is 4.24. The van der Waals surface area contributed by atoms with E-state index in [-0.39, 0.29) is 0 Å². The van der Waals surface area contributed by atoms with Crippen LogP contribution in [0.4, 0.5) is 0 Å². The number of rotatable bonds is 6. The van der Waals surface area contributed by atoms with Crippen molar-refractivity contribution in [2.45, 2.75) is 32.3 Å². The molecule has 0 radical (unpaired) electrons. The monoisotopic (exact) mass is 208 g/mol. The molecular weight excluding hydrogens is 188 g/mol. The highest BCUT2D eigenvalue weighted by Crippen LogP contribution is 2.04. The maximum Gasteiger partial charge on any atom is 0.0603 e. The number of aliphatic hydroxyl groups is 1. The smallest absolute Gasteiger partial charge is 0.0603 e. The van der Waals surface area contributed by atoms with Crippen LogP contribution in [0.1, 0.15) is 26.0 Å². The minimum absolute atomic E-state index is 0.571. The molecule has 0 fully saturated rings. The molecule has 0 unspecified atom stereocenters. The van der Waals surface area contributed by atoms with Crippen LogP contribution in [0.3, 0.4) is 0 Å².